The Hall–Kier alpha value is -2.30. The molecule has 0 radical (unpaired) electrons. The van der Waals surface area contributed by atoms with E-state index in [-0.39, 0.29) is 0 Å². The van der Waals surface area contributed by atoms with Crippen LogP contribution in [0.2, 0.25) is 0 Å². The molecule has 0 atom stereocenters. The smallest absolute Gasteiger partial charge is 0.193 e. The van der Waals surface area contributed by atoms with E-state index >= 15 is 0 Å². The molecule has 0 bridgehead atoms. The Morgan fingerprint density at radius 2 is 2.24 bits per heavy atom. The van der Waals surface area contributed by atoms with Crippen LogP contribution >= 0.6 is 0 Å². The van der Waals surface area contributed by atoms with E-state index in [0.717, 1.165) is 18.7 Å². The van der Waals surface area contributed by atoms with Gasteiger partial charge in [0.25, 0.3) is 0 Å². The first-order chi connectivity index (χ1) is 10.1. The Balaban J connectivity index is 1.81. The topological polar surface area (TPSA) is 68.2 Å². The van der Waals surface area contributed by atoms with E-state index in [1.54, 1.807) is 6.20 Å². The molecule has 2 rings (SSSR count). The molecule has 5 nitrogen and oxygen atoms in total. The van der Waals surface area contributed by atoms with Gasteiger partial charge in [-0.05, 0) is 36.1 Å². The van der Waals surface area contributed by atoms with E-state index in [4.69, 9.17) is 5.73 Å². The SMILES string of the molecule is CC(C)c1cccc(NC(N)=NCCCn2cccn2)c1. The lowest BCUT2D eigenvalue weighted by Crippen LogP contribution is -2.23. The predicted molar refractivity (Wildman–Crippen MR) is 87.5 cm³/mol. The van der Waals surface area contributed by atoms with Crippen LogP contribution in [0.5, 0.6) is 0 Å². The maximum atomic E-state index is 5.91. The molecule has 0 aliphatic heterocycles. The lowest BCUT2D eigenvalue weighted by Gasteiger charge is -2.10. The second-order valence-electron chi connectivity index (χ2n) is 5.29. The van der Waals surface area contributed by atoms with Crippen LogP contribution < -0.4 is 11.1 Å². The quantitative estimate of drug-likeness (QED) is 0.487. The normalized spacial score (nSPS) is 11.9. The molecule has 0 saturated carbocycles. The highest BCUT2D eigenvalue weighted by atomic mass is 15.3. The highest BCUT2D eigenvalue weighted by Crippen LogP contribution is 2.18. The van der Waals surface area contributed by atoms with Crippen molar-refractivity contribution in [1.82, 2.24) is 9.78 Å². The Morgan fingerprint density at radius 3 is 2.95 bits per heavy atom. The number of hydrogen-bond donors (Lipinski definition) is 2. The van der Waals surface area contributed by atoms with E-state index in [9.17, 15) is 0 Å². The Kier molecular flexibility index (Phi) is 5.37. The minimum atomic E-state index is 0.455. The molecule has 0 unspecified atom stereocenters. The average molecular weight is 285 g/mol. The fourth-order valence-electron chi connectivity index (χ4n) is 2.03. The number of anilines is 1. The summed E-state index contributed by atoms with van der Waals surface area (Å²) in [4.78, 5) is 4.34. The third-order valence-corrected chi connectivity index (χ3v) is 3.21. The fraction of sp³-hybridized carbons (Fsp3) is 0.375. The van der Waals surface area contributed by atoms with Gasteiger partial charge in [0.2, 0.25) is 0 Å². The molecule has 0 spiro atoms. The van der Waals surface area contributed by atoms with Crippen molar-refractivity contribution in [3.8, 4) is 0 Å². The van der Waals surface area contributed by atoms with Crippen LogP contribution in [0.15, 0.2) is 47.7 Å². The molecule has 0 saturated heterocycles. The van der Waals surface area contributed by atoms with Gasteiger partial charge < -0.3 is 11.1 Å². The molecule has 1 heterocycles. The molecule has 1 aromatic heterocycles. The molecular formula is C16H23N5. The van der Waals surface area contributed by atoms with Crippen LogP contribution in [-0.4, -0.2) is 22.3 Å². The standard InChI is InChI=1S/C16H23N5/c1-13(2)14-6-3-7-15(12-14)20-16(17)18-8-4-10-21-11-5-9-19-21/h3,5-7,9,11-13H,4,8,10H2,1-2H3,(H3,17,18,20). The molecule has 5 heteroatoms. The van der Waals surface area contributed by atoms with E-state index < -0.39 is 0 Å². The number of nitrogens with zero attached hydrogens (tertiary/aromatic N) is 3. The lowest BCUT2D eigenvalue weighted by atomic mass is 10.0. The first-order valence-electron chi connectivity index (χ1n) is 7.29. The van der Waals surface area contributed by atoms with Crippen LogP contribution in [0.1, 0.15) is 31.7 Å². The summed E-state index contributed by atoms with van der Waals surface area (Å²) >= 11 is 0. The number of rotatable bonds is 6. The molecule has 0 aliphatic rings. The van der Waals surface area contributed by atoms with Crippen molar-refractivity contribution in [1.29, 1.82) is 0 Å². The summed E-state index contributed by atoms with van der Waals surface area (Å²) < 4.78 is 1.89. The van der Waals surface area contributed by atoms with Gasteiger partial charge in [-0.15, -0.1) is 0 Å². The van der Waals surface area contributed by atoms with Crippen LogP contribution in [0.25, 0.3) is 0 Å². The highest BCUT2D eigenvalue weighted by molar-refractivity contribution is 5.92. The van der Waals surface area contributed by atoms with E-state index in [1.807, 2.05) is 29.1 Å². The molecule has 3 N–H and O–H groups in total. The first-order valence-corrected chi connectivity index (χ1v) is 7.29. The highest BCUT2D eigenvalue weighted by Gasteiger charge is 2.01. The Labute approximate surface area is 125 Å². The molecule has 1 aromatic carbocycles. The zero-order chi connectivity index (χ0) is 15.1. The fourth-order valence-corrected chi connectivity index (χ4v) is 2.03. The van der Waals surface area contributed by atoms with E-state index in [1.165, 1.54) is 5.56 Å². The second kappa shape index (κ2) is 7.47. The van der Waals surface area contributed by atoms with Crippen molar-refractivity contribution in [3.05, 3.63) is 48.3 Å². The summed E-state index contributed by atoms with van der Waals surface area (Å²) in [5.74, 6) is 0.954. The summed E-state index contributed by atoms with van der Waals surface area (Å²) in [6, 6.07) is 10.2. The van der Waals surface area contributed by atoms with Gasteiger partial charge in [-0.1, -0.05) is 26.0 Å². The predicted octanol–water partition coefficient (Wildman–Crippen LogP) is 2.82. The number of aromatic nitrogens is 2. The van der Waals surface area contributed by atoms with Crippen LogP contribution in [0.3, 0.4) is 0 Å². The van der Waals surface area contributed by atoms with Gasteiger partial charge in [-0.25, -0.2) is 0 Å². The third kappa shape index (κ3) is 4.95. The van der Waals surface area contributed by atoms with Crippen molar-refractivity contribution < 1.29 is 0 Å². The van der Waals surface area contributed by atoms with Crippen molar-refractivity contribution in [2.75, 3.05) is 11.9 Å². The maximum Gasteiger partial charge on any atom is 0.193 e. The van der Waals surface area contributed by atoms with Crippen LogP contribution in [0.4, 0.5) is 5.69 Å². The third-order valence-electron chi connectivity index (χ3n) is 3.21. The Morgan fingerprint density at radius 1 is 1.38 bits per heavy atom. The number of guanidine groups is 1. The van der Waals surface area contributed by atoms with Crippen LogP contribution in [0, 0.1) is 0 Å². The van der Waals surface area contributed by atoms with E-state index in [0.29, 0.717) is 18.4 Å². The van der Waals surface area contributed by atoms with Crippen molar-refractivity contribution >= 4 is 11.6 Å². The second-order valence-corrected chi connectivity index (χ2v) is 5.29. The Bertz CT molecular complexity index is 572. The van der Waals surface area contributed by atoms with Crippen molar-refractivity contribution in [2.24, 2.45) is 10.7 Å². The van der Waals surface area contributed by atoms with Crippen molar-refractivity contribution in [3.63, 3.8) is 0 Å². The van der Waals surface area contributed by atoms with Gasteiger partial charge in [-0.3, -0.25) is 9.67 Å². The van der Waals surface area contributed by atoms with Crippen LogP contribution in [-0.2, 0) is 6.54 Å². The monoisotopic (exact) mass is 285 g/mol. The molecule has 112 valence electrons. The average Bonchev–Trinajstić information content (AvgIpc) is 2.97. The molecule has 21 heavy (non-hydrogen) atoms. The summed E-state index contributed by atoms with van der Waals surface area (Å²) in [7, 11) is 0. The lowest BCUT2D eigenvalue weighted by molar-refractivity contribution is 0.585. The number of hydrogen-bond acceptors (Lipinski definition) is 2. The number of aryl methyl sites for hydroxylation is 1. The van der Waals surface area contributed by atoms with Gasteiger partial charge in [-0.2, -0.15) is 5.10 Å². The van der Waals surface area contributed by atoms with Crippen molar-refractivity contribution in [2.45, 2.75) is 32.7 Å². The minimum absolute atomic E-state index is 0.455. The number of nitrogens with one attached hydrogen (secondary N) is 1. The summed E-state index contributed by atoms with van der Waals surface area (Å²) in [6.07, 6.45) is 4.64. The number of benzene rings is 1. The first kappa shape index (κ1) is 15.1. The molecule has 0 aliphatic carbocycles. The summed E-state index contributed by atoms with van der Waals surface area (Å²) in [5.41, 5.74) is 8.17. The zero-order valence-corrected chi connectivity index (χ0v) is 12.7. The molecule has 2 aromatic rings. The van der Waals surface area contributed by atoms with E-state index in [2.05, 4.69) is 41.4 Å². The molecule has 0 amide bonds. The van der Waals surface area contributed by atoms with Gasteiger partial charge in [0.05, 0.1) is 0 Å². The molecular weight excluding hydrogens is 262 g/mol. The largest absolute Gasteiger partial charge is 0.370 e. The number of aliphatic imine (C=N–C) groups is 1. The van der Waals surface area contributed by atoms with Gasteiger partial charge in [0.1, 0.15) is 0 Å². The van der Waals surface area contributed by atoms with Gasteiger partial charge in [0.15, 0.2) is 5.96 Å². The maximum absolute atomic E-state index is 5.91. The molecule has 0 fully saturated rings. The zero-order valence-electron chi connectivity index (χ0n) is 12.7. The minimum Gasteiger partial charge on any atom is -0.370 e. The number of nitrogens with two attached hydrogens (primary N) is 1. The van der Waals surface area contributed by atoms with Gasteiger partial charge in [0, 0.05) is 31.2 Å². The summed E-state index contributed by atoms with van der Waals surface area (Å²) in [5, 5.41) is 7.28. The van der Waals surface area contributed by atoms with Gasteiger partial charge >= 0.3 is 0 Å². The summed E-state index contributed by atoms with van der Waals surface area (Å²) in [6.45, 7) is 5.88.